The number of rotatable bonds is 3. The molecule has 0 fully saturated rings. The van der Waals surface area contributed by atoms with Crippen LogP contribution in [0.5, 0.6) is 0 Å². The van der Waals surface area contributed by atoms with E-state index in [-0.39, 0.29) is 17.5 Å². The Hall–Kier alpha value is -2.24. The summed E-state index contributed by atoms with van der Waals surface area (Å²) < 4.78 is 26.9. The van der Waals surface area contributed by atoms with Crippen LogP contribution >= 0.6 is 0 Å². The molecule has 0 radical (unpaired) electrons. The number of hydrogen-bond acceptors (Lipinski definition) is 4. The topological polar surface area (TPSA) is 66.4 Å². The predicted molar refractivity (Wildman–Crippen MR) is 77.8 cm³/mol. The maximum Gasteiger partial charge on any atom is 0.339 e. The first-order valence-electron chi connectivity index (χ1n) is 6.32. The Labute approximate surface area is 124 Å². The van der Waals surface area contributed by atoms with Gasteiger partial charge in [0, 0.05) is 10.5 Å². The van der Waals surface area contributed by atoms with Crippen LogP contribution in [0.4, 0.5) is 0 Å². The van der Waals surface area contributed by atoms with Crippen molar-refractivity contribution in [2.75, 3.05) is 6.61 Å². The summed E-state index contributed by atoms with van der Waals surface area (Å²) in [4.78, 5) is 12.2. The average Bonchev–Trinajstić information content (AvgIpc) is 2.90. The Kier molecular flexibility index (Phi) is 3.68. The first kappa shape index (κ1) is 13.7. The molecule has 0 spiro atoms. The average molecular weight is 299 g/mol. The lowest BCUT2D eigenvalue weighted by Gasteiger charge is -2.08. The van der Waals surface area contributed by atoms with Crippen molar-refractivity contribution in [3.8, 4) is 0 Å². The van der Waals surface area contributed by atoms with E-state index in [0.717, 1.165) is 16.7 Å². The van der Waals surface area contributed by atoms with Crippen molar-refractivity contribution in [1.82, 2.24) is 0 Å². The van der Waals surface area contributed by atoms with E-state index in [9.17, 15) is 13.6 Å². The van der Waals surface area contributed by atoms with E-state index < -0.39 is 11.1 Å². The van der Waals surface area contributed by atoms with Crippen LogP contribution < -0.4 is 0 Å². The normalized spacial score (nSPS) is 16.0. The highest BCUT2D eigenvalue weighted by atomic mass is 32.2. The standard InChI is InChI=1S/C16H12O4S/c17-16-15(12-4-2-1-3-5-12)14(10-20-16)11-6-8-13(9-7-11)21(18)19/h1-9H,10H2,(H,18,19)/p-1. The van der Waals surface area contributed by atoms with E-state index in [1.54, 1.807) is 12.1 Å². The van der Waals surface area contributed by atoms with Crippen LogP contribution in [-0.2, 0) is 20.6 Å². The Morgan fingerprint density at radius 1 is 0.952 bits per heavy atom. The molecule has 106 valence electrons. The molecule has 3 rings (SSSR count). The van der Waals surface area contributed by atoms with Crippen LogP contribution in [0.3, 0.4) is 0 Å². The molecule has 0 bridgehead atoms. The number of carbonyl (C=O) groups is 1. The van der Waals surface area contributed by atoms with Crippen molar-refractivity contribution >= 4 is 28.2 Å². The van der Waals surface area contributed by atoms with Crippen LogP contribution in [0.1, 0.15) is 11.1 Å². The van der Waals surface area contributed by atoms with Crippen molar-refractivity contribution in [3.63, 3.8) is 0 Å². The number of carbonyl (C=O) groups excluding carboxylic acids is 1. The fraction of sp³-hybridized carbons (Fsp3) is 0.0625. The zero-order valence-corrected chi connectivity index (χ0v) is 11.8. The molecule has 0 aliphatic carbocycles. The van der Waals surface area contributed by atoms with E-state index in [1.165, 1.54) is 12.1 Å². The van der Waals surface area contributed by atoms with Gasteiger partial charge in [-0.05, 0) is 34.3 Å². The molecular weight excluding hydrogens is 288 g/mol. The molecule has 0 saturated heterocycles. The summed E-state index contributed by atoms with van der Waals surface area (Å²) in [7, 11) is 0. The molecule has 1 unspecified atom stereocenters. The Bertz CT molecular complexity index is 733. The highest BCUT2D eigenvalue weighted by Crippen LogP contribution is 2.32. The lowest BCUT2D eigenvalue weighted by molar-refractivity contribution is -0.133. The third-order valence-corrected chi connectivity index (χ3v) is 3.97. The lowest BCUT2D eigenvalue weighted by Crippen LogP contribution is -1.98. The molecule has 1 atom stereocenters. The van der Waals surface area contributed by atoms with E-state index >= 15 is 0 Å². The Balaban J connectivity index is 2.08. The molecule has 0 aromatic heterocycles. The fourth-order valence-corrected chi connectivity index (χ4v) is 2.66. The van der Waals surface area contributed by atoms with Crippen molar-refractivity contribution < 1.29 is 18.3 Å². The molecule has 1 aliphatic heterocycles. The third kappa shape index (κ3) is 2.66. The van der Waals surface area contributed by atoms with E-state index in [2.05, 4.69) is 0 Å². The fourth-order valence-electron chi connectivity index (χ4n) is 2.30. The second-order valence-electron chi connectivity index (χ2n) is 4.55. The first-order valence-corrected chi connectivity index (χ1v) is 7.39. The highest BCUT2D eigenvalue weighted by Gasteiger charge is 2.26. The van der Waals surface area contributed by atoms with Gasteiger partial charge >= 0.3 is 5.97 Å². The van der Waals surface area contributed by atoms with Crippen LogP contribution in [-0.4, -0.2) is 21.3 Å². The molecule has 0 saturated carbocycles. The van der Waals surface area contributed by atoms with E-state index in [4.69, 9.17) is 4.74 Å². The number of esters is 1. The van der Waals surface area contributed by atoms with Crippen molar-refractivity contribution in [2.45, 2.75) is 4.90 Å². The Morgan fingerprint density at radius 2 is 1.62 bits per heavy atom. The lowest BCUT2D eigenvalue weighted by atomic mass is 9.97. The van der Waals surface area contributed by atoms with Gasteiger partial charge in [-0.25, -0.2) is 4.79 Å². The smallest absolute Gasteiger partial charge is 0.339 e. The van der Waals surface area contributed by atoms with Crippen LogP contribution in [0, 0.1) is 0 Å². The van der Waals surface area contributed by atoms with Gasteiger partial charge in [0.15, 0.2) is 0 Å². The maximum atomic E-state index is 12.0. The molecule has 2 aromatic carbocycles. The maximum absolute atomic E-state index is 12.0. The van der Waals surface area contributed by atoms with Gasteiger partial charge in [-0.3, -0.25) is 4.21 Å². The first-order chi connectivity index (χ1) is 10.2. The van der Waals surface area contributed by atoms with Gasteiger partial charge in [-0.15, -0.1) is 0 Å². The van der Waals surface area contributed by atoms with Gasteiger partial charge in [0.2, 0.25) is 0 Å². The predicted octanol–water partition coefficient (Wildman–Crippen LogP) is 2.39. The summed E-state index contributed by atoms with van der Waals surface area (Å²) in [5, 5.41) is 0. The van der Waals surface area contributed by atoms with Gasteiger partial charge < -0.3 is 9.29 Å². The molecule has 0 N–H and O–H groups in total. The molecule has 0 amide bonds. The highest BCUT2D eigenvalue weighted by molar-refractivity contribution is 7.79. The van der Waals surface area contributed by atoms with Gasteiger partial charge in [-0.1, -0.05) is 42.5 Å². The van der Waals surface area contributed by atoms with Crippen molar-refractivity contribution in [2.24, 2.45) is 0 Å². The number of benzene rings is 2. The van der Waals surface area contributed by atoms with Crippen LogP contribution in [0.25, 0.3) is 11.1 Å². The van der Waals surface area contributed by atoms with Crippen molar-refractivity contribution in [3.05, 3.63) is 65.7 Å². The minimum atomic E-state index is -2.25. The third-order valence-electron chi connectivity index (χ3n) is 3.31. The van der Waals surface area contributed by atoms with Gasteiger partial charge in [0.05, 0.1) is 5.57 Å². The summed E-state index contributed by atoms with van der Waals surface area (Å²) in [5.41, 5.74) is 2.89. The molecule has 1 aliphatic rings. The largest absolute Gasteiger partial charge is 0.768 e. The van der Waals surface area contributed by atoms with Gasteiger partial charge in [-0.2, -0.15) is 0 Å². The molecule has 21 heavy (non-hydrogen) atoms. The minimum absolute atomic E-state index is 0.197. The monoisotopic (exact) mass is 299 g/mol. The van der Waals surface area contributed by atoms with E-state index in [0.29, 0.717) is 5.57 Å². The van der Waals surface area contributed by atoms with Crippen LogP contribution in [0.15, 0.2) is 59.5 Å². The SMILES string of the molecule is O=C1OCC(c2ccc(S(=O)[O-])cc2)=C1c1ccccc1. The summed E-state index contributed by atoms with van der Waals surface area (Å²) in [6, 6.07) is 15.7. The zero-order valence-electron chi connectivity index (χ0n) is 10.9. The minimum Gasteiger partial charge on any atom is -0.768 e. The molecule has 4 nitrogen and oxygen atoms in total. The van der Waals surface area contributed by atoms with E-state index in [1.807, 2.05) is 30.3 Å². The second kappa shape index (κ2) is 5.63. The Morgan fingerprint density at radius 3 is 2.24 bits per heavy atom. The summed E-state index contributed by atoms with van der Waals surface area (Å²) in [6.45, 7) is 0.197. The van der Waals surface area contributed by atoms with Gasteiger partial charge in [0.25, 0.3) is 0 Å². The molecule has 1 heterocycles. The van der Waals surface area contributed by atoms with Crippen LogP contribution in [0.2, 0.25) is 0 Å². The number of hydrogen-bond donors (Lipinski definition) is 0. The summed E-state index contributed by atoms with van der Waals surface area (Å²) in [5.74, 6) is -0.354. The number of ether oxygens (including phenoxy) is 1. The molecule has 5 heteroatoms. The number of cyclic esters (lactones) is 1. The molecular formula is C16H11O4S-. The summed E-state index contributed by atoms with van der Waals surface area (Å²) >= 11 is -2.25. The summed E-state index contributed by atoms with van der Waals surface area (Å²) in [6.07, 6.45) is 0. The van der Waals surface area contributed by atoms with Gasteiger partial charge in [0.1, 0.15) is 6.61 Å². The zero-order chi connectivity index (χ0) is 14.8. The van der Waals surface area contributed by atoms with Crippen molar-refractivity contribution in [1.29, 1.82) is 0 Å². The quantitative estimate of drug-likeness (QED) is 0.644. The molecule has 2 aromatic rings. The second-order valence-corrected chi connectivity index (χ2v) is 5.50.